The number of nitrogens with one attached hydrogen (secondary N) is 1. The van der Waals surface area contributed by atoms with E-state index >= 15 is 0 Å². The van der Waals surface area contributed by atoms with Gasteiger partial charge in [0.15, 0.2) is 0 Å². The Labute approximate surface area is 171 Å². The lowest BCUT2D eigenvalue weighted by Gasteiger charge is -2.32. The number of likely N-dealkylation sites (tertiary alicyclic amines) is 1. The van der Waals surface area contributed by atoms with Crippen LogP contribution < -0.4 is 5.32 Å². The van der Waals surface area contributed by atoms with Crippen molar-refractivity contribution in [3.05, 3.63) is 64.7 Å². The van der Waals surface area contributed by atoms with E-state index in [0.717, 1.165) is 48.8 Å². The molecule has 1 atom stereocenters. The quantitative estimate of drug-likeness (QED) is 0.534. The van der Waals surface area contributed by atoms with E-state index in [1.54, 1.807) is 11.8 Å². The number of hydrogen-bond donors (Lipinski definition) is 1. The van der Waals surface area contributed by atoms with Crippen molar-refractivity contribution in [3.63, 3.8) is 0 Å². The van der Waals surface area contributed by atoms with Gasteiger partial charge in [0, 0.05) is 35.3 Å². The van der Waals surface area contributed by atoms with Crippen LogP contribution in [0, 0.1) is 12.8 Å². The maximum absolute atomic E-state index is 12.5. The Balaban J connectivity index is 1.41. The maximum atomic E-state index is 12.5. The predicted octanol–water partition coefficient (Wildman–Crippen LogP) is 4.77. The number of carbonyl (C=O) groups is 1. The van der Waals surface area contributed by atoms with E-state index in [1.807, 2.05) is 18.2 Å². The minimum Gasteiger partial charge on any atom is -0.355 e. The molecular formula is C22H27ClN2OS. The topological polar surface area (TPSA) is 32.3 Å². The second kappa shape index (κ2) is 10.2. The van der Waals surface area contributed by atoms with E-state index in [9.17, 15) is 4.79 Å². The predicted molar refractivity (Wildman–Crippen MR) is 114 cm³/mol. The standard InChI is InChI=1S/C22H27ClN2OS/c1-17-8-10-20(11-9-17)27-14-12-24-22(26)19-6-4-13-25(16-19)15-18-5-2-3-7-21(18)23/h2-3,5,7-11,19H,4,6,12-16H2,1H3,(H,24,26). The van der Waals surface area contributed by atoms with Gasteiger partial charge >= 0.3 is 0 Å². The third-order valence-corrected chi connectivity index (χ3v) is 6.30. The van der Waals surface area contributed by atoms with Crippen molar-refractivity contribution in [3.8, 4) is 0 Å². The number of aryl methyl sites for hydroxylation is 1. The molecule has 3 rings (SSSR count). The Morgan fingerprint density at radius 1 is 1.22 bits per heavy atom. The Kier molecular flexibility index (Phi) is 7.62. The van der Waals surface area contributed by atoms with Crippen LogP contribution in [0.5, 0.6) is 0 Å². The molecule has 1 aliphatic heterocycles. The molecule has 1 fully saturated rings. The summed E-state index contributed by atoms with van der Waals surface area (Å²) in [6.45, 7) is 5.44. The highest BCUT2D eigenvalue weighted by Crippen LogP contribution is 2.22. The Hall–Kier alpha value is -1.49. The number of piperidine rings is 1. The van der Waals surface area contributed by atoms with Crippen LogP contribution in [0.1, 0.15) is 24.0 Å². The van der Waals surface area contributed by atoms with Gasteiger partial charge in [-0.15, -0.1) is 11.8 Å². The van der Waals surface area contributed by atoms with Crippen molar-refractivity contribution in [1.29, 1.82) is 0 Å². The van der Waals surface area contributed by atoms with Gasteiger partial charge < -0.3 is 5.32 Å². The fourth-order valence-corrected chi connectivity index (χ4v) is 4.37. The molecule has 1 amide bonds. The summed E-state index contributed by atoms with van der Waals surface area (Å²) in [5.74, 6) is 1.15. The van der Waals surface area contributed by atoms with E-state index in [4.69, 9.17) is 11.6 Å². The normalized spacial score (nSPS) is 17.6. The van der Waals surface area contributed by atoms with Gasteiger partial charge in [-0.3, -0.25) is 9.69 Å². The molecular weight excluding hydrogens is 376 g/mol. The largest absolute Gasteiger partial charge is 0.355 e. The zero-order valence-corrected chi connectivity index (χ0v) is 17.4. The van der Waals surface area contributed by atoms with Crippen LogP contribution in [0.25, 0.3) is 0 Å². The van der Waals surface area contributed by atoms with Crippen molar-refractivity contribution < 1.29 is 4.79 Å². The molecule has 1 heterocycles. The van der Waals surface area contributed by atoms with E-state index in [-0.39, 0.29) is 11.8 Å². The van der Waals surface area contributed by atoms with Crippen LogP contribution in [0.15, 0.2) is 53.4 Å². The summed E-state index contributed by atoms with van der Waals surface area (Å²) >= 11 is 8.06. The molecule has 144 valence electrons. The molecule has 0 bridgehead atoms. The molecule has 1 aliphatic rings. The second-order valence-electron chi connectivity index (χ2n) is 7.12. The summed E-state index contributed by atoms with van der Waals surface area (Å²) in [5.41, 5.74) is 2.40. The molecule has 1 saturated heterocycles. The van der Waals surface area contributed by atoms with Crippen LogP contribution in [-0.4, -0.2) is 36.2 Å². The van der Waals surface area contributed by atoms with Gasteiger partial charge in [0.1, 0.15) is 0 Å². The van der Waals surface area contributed by atoms with E-state index in [1.165, 1.54) is 10.5 Å². The number of thioether (sulfide) groups is 1. The first-order chi connectivity index (χ1) is 13.1. The van der Waals surface area contributed by atoms with Gasteiger partial charge in [0.25, 0.3) is 0 Å². The van der Waals surface area contributed by atoms with Crippen LogP contribution in [0.2, 0.25) is 5.02 Å². The number of rotatable bonds is 7. The first-order valence-corrected chi connectivity index (χ1v) is 10.9. The van der Waals surface area contributed by atoms with Gasteiger partial charge in [-0.25, -0.2) is 0 Å². The third kappa shape index (κ3) is 6.27. The minimum atomic E-state index is 0.0746. The molecule has 0 radical (unpaired) electrons. The smallest absolute Gasteiger partial charge is 0.224 e. The Morgan fingerprint density at radius 2 is 2.00 bits per heavy atom. The highest BCUT2D eigenvalue weighted by Gasteiger charge is 2.25. The van der Waals surface area contributed by atoms with Gasteiger partial charge in [0.2, 0.25) is 5.91 Å². The molecule has 0 aromatic heterocycles. The molecule has 3 nitrogen and oxygen atoms in total. The summed E-state index contributed by atoms with van der Waals surface area (Å²) in [4.78, 5) is 16.1. The molecule has 5 heteroatoms. The molecule has 2 aromatic rings. The first-order valence-electron chi connectivity index (χ1n) is 9.55. The summed E-state index contributed by atoms with van der Waals surface area (Å²) in [6, 6.07) is 16.5. The van der Waals surface area contributed by atoms with Gasteiger partial charge in [-0.2, -0.15) is 0 Å². The lowest BCUT2D eigenvalue weighted by Crippen LogP contribution is -2.43. The lowest BCUT2D eigenvalue weighted by atomic mass is 9.96. The zero-order valence-electron chi connectivity index (χ0n) is 15.8. The number of nitrogens with zero attached hydrogens (tertiary/aromatic N) is 1. The summed E-state index contributed by atoms with van der Waals surface area (Å²) < 4.78 is 0. The van der Waals surface area contributed by atoms with E-state index in [0.29, 0.717) is 6.54 Å². The molecule has 1 unspecified atom stereocenters. The number of benzene rings is 2. The summed E-state index contributed by atoms with van der Waals surface area (Å²) in [7, 11) is 0. The second-order valence-corrected chi connectivity index (χ2v) is 8.69. The monoisotopic (exact) mass is 402 g/mol. The maximum Gasteiger partial charge on any atom is 0.224 e. The van der Waals surface area contributed by atoms with Crippen LogP contribution in [0.4, 0.5) is 0 Å². The van der Waals surface area contributed by atoms with Crippen molar-refractivity contribution in [1.82, 2.24) is 10.2 Å². The third-order valence-electron chi connectivity index (χ3n) is 4.92. The fourth-order valence-electron chi connectivity index (χ4n) is 3.40. The van der Waals surface area contributed by atoms with Crippen molar-refractivity contribution >= 4 is 29.3 Å². The minimum absolute atomic E-state index is 0.0746. The van der Waals surface area contributed by atoms with Gasteiger partial charge in [-0.1, -0.05) is 47.5 Å². The summed E-state index contributed by atoms with van der Waals surface area (Å²) in [6.07, 6.45) is 2.02. The number of hydrogen-bond acceptors (Lipinski definition) is 3. The summed E-state index contributed by atoms with van der Waals surface area (Å²) in [5, 5.41) is 3.92. The highest BCUT2D eigenvalue weighted by atomic mass is 35.5. The Bertz CT molecular complexity index is 750. The van der Waals surface area contributed by atoms with Crippen LogP contribution >= 0.6 is 23.4 Å². The SMILES string of the molecule is Cc1ccc(SCCNC(=O)C2CCCN(Cc3ccccc3Cl)C2)cc1. The Morgan fingerprint density at radius 3 is 2.78 bits per heavy atom. The number of amides is 1. The number of halogens is 1. The lowest BCUT2D eigenvalue weighted by molar-refractivity contribution is -0.126. The molecule has 1 N–H and O–H groups in total. The average Bonchev–Trinajstić information content (AvgIpc) is 2.68. The molecule has 0 aliphatic carbocycles. The molecule has 0 spiro atoms. The van der Waals surface area contributed by atoms with Crippen molar-refractivity contribution in [2.45, 2.75) is 31.2 Å². The van der Waals surface area contributed by atoms with E-state index < -0.39 is 0 Å². The van der Waals surface area contributed by atoms with Gasteiger partial charge in [-0.05, 0) is 50.1 Å². The molecule has 0 saturated carbocycles. The molecule has 27 heavy (non-hydrogen) atoms. The average molecular weight is 403 g/mol. The van der Waals surface area contributed by atoms with Crippen LogP contribution in [-0.2, 0) is 11.3 Å². The van der Waals surface area contributed by atoms with Gasteiger partial charge in [0.05, 0.1) is 5.92 Å². The first kappa shape index (κ1) is 20.2. The molecule has 2 aromatic carbocycles. The highest BCUT2D eigenvalue weighted by molar-refractivity contribution is 7.99. The fraction of sp³-hybridized carbons (Fsp3) is 0.409. The number of carbonyl (C=O) groups excluding carboxylic acids is 1. The van der Waals surface area contributed by atoms with Crippen molar-refractivity contribution in [2.24, 2.45) is 5.92 Å². The van der Waals surface area contributed by atoms with Crippen molar-refractivity contribution in [2.75, 3.05) is 25.4 Å². The van der Waals surface area contributed by atoms with Crippen LogP contribution in [0.3, 0.4) is 0 Å². The zero-order chi connectivity index (χ0) is 19.1. The van der Waals surface area contributed by atoms with E-state index in [2.05, 4.69) is 47.5 Å².